The highest BCUT2D eigenvalue weighted by atomic mass is 32.2. The minimum atomic E-state index is -3.66. The van der Waals surface area contributed by atoms with Crippen LogP contribution in [0.3, 0.4) is 0 Å². The third-order valence-electron chi connectivity index (χ3n) is 4.72. The molecule has 0 bridgehead atoms. The maximum Gasteiger partial charge on any atom is 0.243 e. The van der Waals surface area contributed by atoms with Gasteiger partial charge in [0.2, 0.25) is 15.9 Å². The van der Waals surface area contributed by atoms with E-state index in [0.29, 0.717) is 37.8 Å². The highest BCUT2D eigenvalue weighted by Crippen LogP contribution is 2.33. The summed E-state index contributed by atoms with van der Waals surface area (Å²) in [4.78, 5) is 18.5. The molecule has 1 fully saturated rings. The Hall–Kier alpha value is -2.30. The number of amides is 1. The van der Waals surface area contributed by atoms with Crippen LogP contribution in [0.15, 0.2) is 52.5 Å². The van der Waals surface area contributed by atoms with Crippen LogP contribution in [-0.2, 0) is 14.8 Å². The van der Waals surface area contributed by atoms with E-state index in [2.05, 4.69) is 4.98 Å². The lowest BCUT2D eigenvalue weighted by Crippen LogP contribution is -2.50. The van der Waals surface area contributed by atoms with Gasteiger partial charge in [0, 0.05) is 38.4 Å². The highest BCUT2D eigenvalue weighted by molar-refractivity contribution is 7.99. The summed E-state index contributed by atoms with van der Waals surface area (Å²) < 4.78 is 38.3. The second-order valence-corrected chi connectivity index (χ2v) is 9.48. The molecule has 2 aliphatic heterocycles. The predicted octanol–water partition coefficient (Wildman–Crippen LogP) is 1.48. The number of piperazine rings is 1. The maximum atomic E-state index is 13.0. The molecule has 8 nitrogen and oxygen atoms in total. The number of ether oxygens (including phenoxy) is 2. The fourth-order valence-corrected chi connectivity index (χ4v) is 5.37. The summed E-state index contributed by atoms with van der Waals surface area (Å²) >= 11 is 1.38. The van der Waals surface area contributed by atoms with Crippen molar-refractivity contribution < 1.29 is 22.7 Å². The molecule has 154 valence electrons. The van der Waals surface area contributed by atoms with Crippen molar-refractivity contribution in [2.75, 3.05) is 45.1 Å². The van der Waals surface area contributed by atoms with E-state index in [-0.39, 0.29) is 29.6 Å². The second-order valence-electron chi connectivity index (χ2n) is 6.55. The topological polar surface area (TPSA) is 89.0 Å². The SMILES string of the molecule is O=C(CSc1ccccn1)N1CCN(S(=O)(=O)c2ccc3c(c2)OCCO3)CC1. The first kappa shape index (κ1) is 20.0. The Labute approximate surface area is 173 Å². The van der Waals surface area contributed by atoms with Crippen LogP contribution in [0.2, 0.25) is 0 Å². The molecule has 0 radical (unpaired) electrons. The Kier molecular flexibility index (Phi) is 5.93. The summed E-state index contributed by atoms with van der Waals surface area (Å²) in [5.41, 5.74) is 0. The Balaban J connectivity index is 1.35. The van der Waals surface area contributed by atoms with E-state index in [1.54, 1.807) is 17.2 Å². The van der Waals surface area contributed by atoms with Gasteiger partial charge in [-0.1, -0.05) is 17.8 Å². The van der Waals surface area contributed by atoms with Gasteiger partial charge in [-0.3, -0.25) is 4.79 Å². The first-order valence-electron chi connectivity index (χ1n) is 9.25. The van der Waals surface area contributed by atoms with Gasteiger partial charge in [-0.05, 0) is 24.3 Å². The number of sulfonamides is 1. The normalized spacial score (nSPS) is 17.2. The average molecular weight is 436 g/mol. The van der Waals surface area contributed by atoms with E-state index in [9.17, 15) is 13.2 Å². The Morgan fingerprint density at radius 2 is 1.79 bits per heavy atom. The molecular formula is C19H21N3O5S2. The van der Waals surface area contributed by atoms with Crippen LogP contribution in [0.25, 0.3) is 0 Å². The smallest absolute Gasteiger partial charge is 0.243 e. The third-order valence-corrected chi connectivity index (χ3v) is 7.55. The van der Waals surface area contributed by atoms with Gasteiger partial charge in [-0.15, -0.1) is 0 Å². The van der Waals surface area contributed by atoms with Crippen molar-refractivity contribution in [2.45, 2.75) is 9.92 Å². The van der Waals surface area contributed by atoms with Crippen LogP contribution in [0.5, 0.6) is 11.5 Å². The molecule has 0 spiro atoms. The number of hydrogen-bond acceptors (Lipinski definition) is 7. The van der Waals surface area contributed by atoms with Crippen molar-refractivity contribution in [3.05, 3.63) is 42.6 Å². The van der Waals surface area contributed by atoms with Gasteiger partial charge in [-0.25, -0.2) is 13.4 Å². The number of pyridine rings is 1. The Bertz CT molecular complexity index is 977. The molecule has 1 amide bonds. The minimum absolute atomic E-state index is 0.0166. The van der Waals surface area contributed by atoms with Crippen molar-refractivity contribution >= 4 is 27.7 Å². The number of benzene rings is 1. The summed E-state index contributed by atoms with van der Waals surface area (Å²) in [5, 5.41) is 0.792. The van der Waals surface area contributed by atoms with Gasteiger partial charge in [0.05, 0.1) is 15.7 Å². The second kappa shape index (κ2) is 8.60. The van der Waals surface area contributed by atoms with Crippen LogP contribution in [0, 0.1) is 0 Å². The number of carbonyl (C=O) groups is 1. The number of thioether (sulfide) groups is 1. The molecule has 4 rings (SSSR count). The molecule has 0 N–H and O–H groups in total. The lowest BCUT2D eigenvalue weighted by molar-refractivity contribution is -0.129. The van der Waals surface area contributed by atoms with Crippen LogP contribution in [0.1, 0.15) is 0 Å². The van der Waals surface area contributed by atoms with Crippen molar-refractivity contribution in [3.63, 3.8) is 0 Å². The Morgan fingerprint density at radius 3 is 2.52 bits per heavy atom. The fraction of sp³-hybridized carbons (Fsp3) is 0.368. The van der Waals surface area contributed by atoms with E-state index in [0.717, 1.165) is 5.03 Å². The molecule has 0 atom stereocenters. The molecule has 29 heavy (non-hydrogen) atoms. The number of aromatic nitrogens is 1. The van der Waals surface area contributed by atoms with Crippen LogP contribution in [0.4, 0.5) is 0 Å². The molecule has 1 aromatic heterocycles. The van der Waals surface area contributed by atoms with Crippen LogP contribution < -0.4 is 9.47 Å². The summed E-state index contributed by atoms with van der Waals surface area (Å²) in [7, 11) is -3.66. The summed E-state index contributed by atoms with van der Waals surface area (Å²) in [6.07, 6.45) is 1.69. The predicted molar refractivity (Wildman–Crippen MR) is 108 cm³/mol. The van der Waals surface area contributed by atoms with Gasteiger partial charge < -0.3 is 14.4 Å². The number of rotatable bonds is 5. The number of carbonyl (C=O) groups excluding carboxylic acids is 1. The Morgan fingerprint density at radius 1 is 1.03 bits per heavy atom. The highest BCUT2D eigenvalue weighted by Gasteiger charge is 2.31. The van der Waals surface area contributed by atoms with Crippen molar-refractivity contribution in [1.82, 2.24) is 14.2 Å². The first-order chi connectivity index (χ1) is 14.0. The van der Waals surface area contributed by atoms with Crippen LogP contribution in [-0.4, -0.2) is 73.7 Å². The zero-order valence-corrected chi connectivity index (χ0v) is 17.3. The molecule has 0 saturated carbocycles. The third kappa shape index (κ3) is 4.49. The number of fused-ring (bicyclic) bond motifs is 1. The van der Waals surface area contributed by atoms with Crippen molar-refractivity contribution in [1.29, 1.82) is 0 Å². The largest absolute Gasteiger partial charge is 0.486 e. The average Bonchev–Trinajstić information content (AvgIpc) is 2.78. The van der Waals surface area contributed by atoms with Crippen molar-refractivity contribution in [2.24, 2.45) is 0 Å². The monoisotopic (exact) mass is 435 g/mol. The molecule has 10 heteroatoms. The van der Waals surface area contributed by atoms with Gasteiger partial charge >= 0.3 is 0 Å². The van der Waals surface area contributed by atoms with Crippen molar-refractivity contribution in [3.8, 4) is 11.5 Å². The van der Waals surface area contributed by atoms with Gasteiger partial charge in [0.1, 0.15) is 13.2 Å². The molecule has 0 aliphatic carbocycles. The summed E-state index contributed by atoms with van der Waals surface area (Å²) in [6.45, 7) is 2.10. The molecule has 0 unspecified atom stereocenters. The lowest BCUT2D eigenvalue weighted by Gasteiger charge is -2.34. The maximum absolute atomic E-state index is 13.0. The first-order valence-corrected chi connectivity index (χ1v) is 11.7. The molecule has 1 saturated heterocycles. The van der Waals surface area contributed by atoms with Gasteiger partial charge in [-0.2, -0.15) is 4.31 Å². The lowest BCUT2D eigenvalue weighted by atomic mass is 10.3. The molecule has 2 aliphatic rings. The van der Waals surface area contributed by atoms with E-state index in [1.165, 1.54) is 28.2 Å². The standard InChI is InChI=1S/C19H21N3O5S2/c23-19(14-28-18-3-1-2-6-20-18)21-7-9-22(10-8-21)29(24,25)15-4-5-16-17(13-15)27-12-11-26-16/h1-6,13H,7-12,14H2. The van der Waals surface area contributed by atoms with E-state index < -0.39 is 10.0 Å². The molecular weight excluding hydrogens is 414 g/mol. The quantitative estimate of drug-likeness (QED) is 0.657. The van der Waals surface area contributed by atoms with Gasteiger partial charge in [0.15, 0.2) is 11.5 Å². The van der Waals surface area contributed by atoms with E-state index in [4.69, 9.17) is 9.47 Å². The van der Waals surface area contributed by atoms with E-state index >= 15 is 0 Å². The molecule has 3 heterocycles. The van der Waals surface area contributed by atoms with Gasteiger partial charge in [0.25, 0.3) is 0 Å². The number of nitrogens with zero attached hydrogens (tertiary/aromatic N) is 3. The van der Waals surface area contributed by atoms with Crippen LogP contribution >= 0.6 is 11.8 Å². The van der Waals surface area contributed by atoms with E-state index in [1.807, 2.05) is 18.2 Å². The zero-order valence-electron chi connectivity index (χ0n) is 15.7. The minimum Gasteiger partial charge on any atom is -0.486 e. The molecule has 1 aromatic carbocycles. The summed E-state index contributed by atoms with van der Waals surface area (Å²) in [5.74, 6) is 1.26. The zero-order chi connectivity index (χ0) is 20.3. The molecule has 2 aromatic rings. The fourth-order valence-electron chi connectivity index (χ4n) is 3.17. The summed E-state index contributed by atoms with van der Waals surface area (Å²) in [6, 6.07) is 10.2. The number of hydrogen-bond donors (Lipinski definition) is 0.